The standard InChI is InChI=1S/C21H27ClN2O3S/c1-5-16-10-12-17(13-11-16)15(3)23-21(25)20(6-2)24(28(4,26)27)19-9-7-8-18(22)14-19/h7-15,20H,5-6H2,1-4H3,(H,23,25)/t15-,20-/m0/s1. The van der Waals surface area contributed by atoms with Crippen molar-refractivity contribution in [1.29, 1.82) is 0 Å². The number of hydrogen-bond donors (Lipinski definition) is 1. The highest BCUT2D eigenvalue weighted by atomic mass is 35.5. The van der Waals surface area contributed by atoms with Gasteiger partial charge in [0.25, 0.3) is 0 Å². The molecule has 0 unspecified atom stereocenters. The average Bonchev–Trinajstić information content (AvgIpc) is 2.64. The van der Waals surface area contributed by atoms with Gasteiger partial charge in [-0.1, -0.05) is 55.8 Å². The van der Waals surface area contributed by atoms with E-state index in [4.69, 9.17) is 11.6 Å². The molecule has 28 heavy (non-hydrogen) atoms. The van der Waals surface area contributed by atoms with E-state index < -0.39 is 16.1 Å². The van der Waals surface area contributed by atoms with Crippen molar-refractivity contribution in [2.45, 2.75) is 45.7 Å². The summed E-state index contributed by atoms with van der Waals surface area (Å²) >= 11 is 6.03. The second kappa shape index (κ2) is 9.43. The van der Waals surface area contributed by atoms with Gasteiger partial charge in [-0.05, 0) is 49.1 Å². The molecule has 0 aromatic heterocycles. The molecule has 0 radical (unpaired) electrons. The molecule has 0 heterocycles. The Bertz CT molecular complexity index is 914. The lowest BCUT2D eigenvalue weighted by atomic mass is 10.0. The van der Waals surface area contributed by atoms with Gasteiger partial charge in [0.05, 0.1) is 18.0 Å². The SMILES string of the molecule is CCc1ccc([C@H](C)NC(=O)[C@H](CC)N(c2cccc(Cl)c2)S(C)(=O)=O)cc1. The quantitative estimate of drug-likeness (QED) is 0.688. The van der Waals surface area contributed by atoms with Gasteiger partial charge in [-0.2, -0.15) is 0 Å². The molecule has 0 aliphatic heterocycles. The maximum absolute atomic E-state index is 13.0. The van der Waals surface area contributed by atoms with Gasteiger partial charge < -0.3 is 5.32 Å². The number of carbonyl (C=O) groups excluding carboxylic acids is 1. The summed E-state index contributed by atoms with van der Waals surface area (Å²) in [7, 11) is -3.69. The molecular weight excluding hydrogens is 396 g/mol. The Hall–Kier alpha value is -2.05. The minimum Gasteiger partial charge on any atom is -0.348 e. The summed E-state index contributed by atoms with van der Waals surface area (Å²) in [5.74, 6) is -0.347. The molecule has 0 aliphatic carbocycles. The molecule has 0 bridgehead atoms. The summed E-state index contributed by atoms with van der Waals surface area (Å²) in [5.41, 5.74) is 2.56. The monoisotopic (exact) mass is 422 g/mol. The number of sulfonamides is 1. The van der Waals surface area contributed by atoms with E-state index in [1.54, 1.807) is 31.2 Å². The largest absolute Gasteiger partial charge is 0.348 e. The van der Waals surface area contributed by atoms with Crippen LogP contribution in [0.25, 0.3) is 0 Å². The Balaban J connectivity index is 2.28. The van der Waals surface area contributed by atoms with E-state index in [0.29, 0.717) is 17.1 Å². The molecule has 2 aromatic carbocycles. The van der Waals surface area contributed by atoms with Crippen molar-refractivity contribution < 1.29 is 13.2 Å². The van der Waals surface area contributed by atoms with Crippen molar-refractivity contribution in [1.82, 2.24) is 5.32 Å². The topological polar surface area (TPSA) is 66.5 Å². The summed E-state index contributed by atoms with van der Waals surface area (Å²) in [6.45, 7) is 5.76. The minimum atomic E-state index is -3.69. The van der Waals surface area contributed by atoms with Crippen LogP contribution < -0.4 is 9.62 Å². The number of halogens is 1. The molecule has 0 aliphatic rings. The highest BCUT2D eigenvalue weighted by molar-refractivity contribution is 7.92. The lowest BCUT2D eigenvalue weighted by Crippen LogP contribution is -2.49. The first-order valence-electron chi connectivity index (χ1n) is 9.31. The van der Waals surface area contributed by atoms with Crippen LogP contribution in [0.15, 0.2) is 48.5 Å². The van der Waals surface area contributed by atoms with Crippen LogP contribution in [0, 0.1) is 0 Å². The first-order valence-corrected chi connectivity index (χ1v) is 11.5. The Morgan fingerprint density at radius 1 is 1.14 bits per heavy atom. The van der Waals surface area contributed by atoms with Crippen LogP contribution >= 0.6 is 11.6 Å². The second-order valence-electron chi connectivity index (χ2n) is 6.79. The first-order chi connectivity index (χ1) is 13.2. The fourth-order valence-electron chi connectivity index (χ4n) is 3.11. The van der Waals surface area contributed by atoms with E-state index in [1.807, 2.05) is 31.2 Å². The summed E-state index contributed by atoms with van der Waals surface area (Å²) in [6.07, 6.45) is 2.37. The number of benzene rings is 2. The van der Waals surface area contributed by atoms with Crippen molar-refractivity contribution >= 4 is 33.2 Å². The van der Waals surface area contributed by atoms with Crippen molar-refractivity contribution in [3.05, 3.63) is 64.7 Å². The number of anilines is 1. The van der Waals surface area contributed by atoms with Crippen LogP contribution in [0.4, 0.5) is 5.69 Å². The summed E-state index contributed by atoms with van der Waals surface area (Å²) in [6, 6.07) is 13.4. The molecule has 7 heteroatoms. The molecule has 0 fully saturated rings. The van der Waals surface area contributed by atoms with E-state index in [0.717, 1.165) is 22.5 Å². The molecule has 0 saturated heterocycles. The van der Waals surface area contributed by atoms with Gasteiger partial charge in [0.1, 0.15) is 6.04 Å². The van der Waals surface area contributed by atoms with Gasteiger partial charge in [-0.15, -0.1) is 0 Å². The highest BCUT2D eigenvalue weighted by Crippen LogP contribution is 2.26. The molecular formula is C21H27ClN2O3S. The third-order valence-corrected chi connectivity index (χ3v) is 6.05. The predicted molar refractivity (Wildman–Crippen MR) is 115 cm³/mol. The van der Waals surface area contributed by atoms with Crippen LogP contribution in [0.1, 0.15) is 44.4 Å². The van der Waals surface area contributed by atoms with Crippen LogP contribution in [-0.4, -0.2) is 26.6 Å². The fraction of sp³-hybridized carbons (Fsp3) is 0.381. The van der Waals surface area contributed by atoms with Gasteiger partial charge in [-0.3, -0.25) is 9.10 Å². The Kier molecular flexibility index (Phi) is 7.49. The maximum atomic E-state index is 13.0. The molecule has 2 rings (SSSR count). The number of nitrogens with zero attached hydrogens (tertiary/aromatic N) is 1. The molecule has 1 amide bonds. The average molecular weight is 423 g/mol. The highest BCUT2D eigenvalue weighted by Gasteiger charge is 2.32. The zero-order chi connectivity index (χ0) is 20.9. The maximum Gasteiger partial charge on any atom is 0.244 e. The summed E-state index contributed by atoms with van der Waals surface area (Å²) in [5, 5.41) is 3.35. The number of hydrogen-bond acceptors (Lipinski definition) is 3. The molecule has 0 spiro atoms. The van der Waals surface area contributed by atoms with E-state index in [2.05, 4.69) is 12.2 Å². The van der Waals surface area contributed by atoms with Gasteiger partial charge in [0, 0.05) is 5.02 Å². The van der Waals surface area contributed by atoms with Crippen LogP contribution in [0.5, 0.6) is 0 Å². The number of amides is 1. The number of rotatable bonds is 8. The number of nitrogens with one attached hydrogen (secondary N) is 1. The Labute approximate surface area is 172 Å². The molecule has 0 saturated carbocycles. The fourth-order valence-corrected chi connectivity index (χ4v) is 4.50. The third kappa shape index (κ3) is 5.49. The summed E-state index contributed by atoms with van der Waals surface area (Å²) < 4.78 is 26.1. The van der Waals surface area contributed by atoms with E-state index in [-0.39, 0.29) is 11.9 Å². The van der Waals surface area contributed by atoms with Crippen LogP contribution in [0.2, 0.25) is 5.02 Å². The number of carbonyl (C=O) groups is 1. The normalized spacial score (nSPS) is 13.6. The predicted octanol–water partition coefficient (Wildman–Crippen LogP) is 4.32. The molecule has 1 N–H and O–H groups in total. The second-order valence-corrected chi connectivity index (χ2v) is 9.08. The van der Waals surface area contributed by atoms with E-state index in [9.17, 15) is 13.2 Å². The van der Waals surface area contributed by atoms with Crippen LogP contribution in [0.3, 0.4) is 0 Å². The Morgan fingerprint density at radius 2 is 1.79 bits per heavy atom. The smallest absolute Gasteiger partial charge is 0.244 e. The van der Waals surface area contributed by atoms with Crippen molar-refractivity contribution in [2.75, 3.05) is 10.6 Å². The van der Waals surface area contributed by atoms with E-state index in [1.165, 1.54) is 5.56 Å². The third-order valence-electron chi connectivity index (χ3n) is 4.64. The molecule has 2 atom stereocenters. The lowest BCUT2D eigenvalue weighted by Gasteiger charge is -2.31. The number of aryl methyl sites for hydroxylation is 1. The lowest BCUT2D eigenvalue weighted by molar-refractivity contribution is -0.122. The summed E-state index contributed by atoms with van der Waals surface area (Å²) in [4.78, 5) is 13.0. The van der Waals surface area contributed by atoms with Gasteiger partial charge in [0.15, 0.2) is 0 Å². The van der Waals surface area contributed by atoms with Crippen molar-refractivity contribution in [3.8, 4) is 0 Å². The zero-order valence-corrected chi connectivity index (χ0v) is 18.2. The van der Waals surface area contributed by atoms with Crippen molar-refractivity contribution in [2.24, 2.45) is 0 Å². The van der Waals surface area contributed by atoms with Gasteiger partial charge >= 0.3 is 0 Å². The Morgan fingerprint density at radius 3 is 2.29 bits per heavy atom. The molecule has 152 valence electrons. The molecule has 5 nitrogen and oxygen atoms in total. The van der Waals surface area contributed by atoms with Gasteiger partial charge in [-0.25, -0.2) is 8.42 Å². The first kappa shape index (κ1) is 22.2. The van der Waals surface area contributed by atoms with Crippen LogP contribution in [-0.2, 0) is 21.2 Å². The van der Waals surface area contributed by atoms with Gasteiger partial charge in [0.2, 0.25) is 15.9 Å². The minimum absolute atomic E-state index is 0.242. The van der Waals surface area contributed by atoms with Crippen molar-refractivity contribution in [3.63, 3.8) is 0 Å². The van der Waals surface area contributed by atoms with E-state index >= 15 is 0 Å². The molecule has 2 aromatic rings. The zero-order valence-electron chi connectivity index (χ0n) is 16.6.